The molecule has 0 saturated heterocycles. The van der Waals surface area contributed by atoms with E-state index in [1.54, 1.807) is 23.8 Å². The molecular formula is C23H17ClN2O2. The Kier molecular flexibility index (Phi) is 4.96. The minimum atomic E-state index is -0.158. The lowest BCUT2D eigenvalue weighted by Gasteiger charge is -2.14. The molecule has 28 heavy (non-hydrogen) atoms. The minimum Gasteiger partial charge on any atom is -0.495 e. The Morgan fingerprint density at radius 2 is 1.64 bits per heavy atom. The summed E-state index contributed by atoms with van der Waals surface area (Å²) in [7, 11) is 1.58. The first-order valence-electron chi connectivity index (χ1n) is 8.77. The van der Waals surface area contributed by atoms with Crippen LogP contribution in [0.5, 0.6) is 5.75 Å². The van der Waals surface area contributed by atoms with Crippen LogP contribution >= 0.6 is 11.6 Å². The molecule has 0 aliphatic heterocycles. The van der Waals surface area contributed by atoms with E-state index in [4.69, 9.17) is 21.3 Å². The zero-order valence-corrected chi connectivity index (χ0v) is 15.9. The molecule has 0 bridgehead atoms. The molecule has 0 spiro atoms. The Morgan fingerprint density at radius 3 is 2.46 bits per heavy atom. The molecule has 0 N–H and O–H groups in total. The minimum absolute atomic E-state index is 0.158. The van der Waals surface area contributed by atoms with Crippen LogP contribution in [0.15, 0.2) is 77.6 Å². The van der Waals surface area contributed by atoms with Gasteiger partial charge in [0, 0.05) is 5.02 Å². The number of nitrogens with zero attached hydrogens (tertiary/aromatic N) is 2. The highest BCUT2D eigenvalue weighted by Gasteiger charge is 2.14. The zero-order valence-electron chi connectivity index (χ0n) is 15.2. The van der Waals surface area contributed by atoms with E-state index in [0.29, 0.717) is 33.2 Å². The number of hydrogen-bond acceptors (Lipinski definition) is 3. The van der Waals surface area contributed by atoms with Gasteiger partial charge in [0.05, 0.1) is 23.7 Å². The summed E-state index contributed by atoms with van der Waals surface area (Å²) in [4.78, 5) is 18.0. The predicted molar refractivity (Wildman–Crippen MR) is 114 cm³/mol. The largest absolute Gasteiger partial charge is 0.495 e. The molecule has 0 fully saturated rings. The Hall–Kier alpha value is -3.37. The van der Waals surface area contributed by atoms with Gasteiger partial charge < -0.3 is 4.74 Å². The van der Waals surface area contributed by atoms with E-state index in [1.165, 1.54) is 0 Å². The maximum atomic E-state index is 13.3. The average Bonchev–Trinajstić information content (AvgIpc) is 2.73. The number of hydrogen-bond donors (Lipinski definition) is 0. The summed E-state index contributed by atoms with van der Waals surface area (Å²) in [6, 6.07) is 22.2. The molecule has 1 aromatic heterocycles. The van der Waals surface area contributed by atoms with Crippen LogP contribution < -0.4 is 10.3 Å². The summed E-state index contributed by atoms with van der Waals surface area (Å²) < 4.78 is 7.03. The van der Waals surface area contributed by atoms with Crippen LogP contribution in [-0.2, 0) is 0 Å². The first kappa shape index (κ1) is 18.0. The van der Waals surface area contributed by atoms with Crippen LogP contribution in [0, 0.1) is 0 Å². The van der Waals surface area contributed by atoms with Gasteiger partial charge >= 0.3 is 0 Å². The molecule has 4 aromatic rings. The number of aromatic nitrogens is 2. The van der Waals surface area contributed by atoms with Crippen molar-refractivity contribution in [3.05, 3.63) is 99.6 Å². The topological polar surface area (TPSA) is 44.1 Å². The quantitative estimate of drug-likeness (QED) is 0.481. The predicted octanol–water partition coefficient (Wildman–Crippen LogP) is 5.22. The van der Waals surface area contributed by atoms with Crippen molar-refractivity contribution in [1.82, 2.24) is 9.55 Å². The van der Waals surface area contributed by atoms with Crippen LogP contribution in [0.2, 0.25) is 5.02 Å². The number of ether oxygens (including phenoxy) is 1. The van der Waals surface area contributed by atoms with Crippen molar-refractivity contribution in [2.45, 2.75) is 0 Å². The molecule has 0 aliphatic carbocycles. The molecule has 0 atom stereocenters. The van der Waals surface area contributed by atoms with E-state index < -0.39 is 0 Å². The average molecular weight is 389 g/mol. The lowest BCUT2D eigenvalue weighted by molar-refractivity contribution is 0.412. The summed E-state index contributed by atoms with van der Waals surface area (Å²) in [5, 5.41) is 1.18. The van der Waals surface area contributed by atoms with Gasteiger partial charge in [0.15, 0.2) is 0 Å². The van der Waals surface area contributed by atoms with Gasteiger partial charge in [-0.05, 0) is 48.0 Å². The van der Waals surface area contributed by atoms with Gasteiger partial charge in [-0.15, -0.1) is 0 Å². The van der Waals surface area contributed by atoms with Gasteiger partial charge in [0.1, 0.15) is 11.6 Å². The van der Waals surface area contributed by atoms with Gasteiger partial charge in [-0.1, -0.05) is 54.1 Å². The van der Waals surface area contributed by atoms with Crippen molar-refractivity contribution in [1.29, 1.82) is 0 Å². The Labute approximate surface area is 167 Å². The molecule has 0 aliphatic rings. The third-order valence-electron chi connectivity index (χ3n) is 4.44. The fourth-order valence-electron chi connectivity index (χ4n) is 3.08. The molecule has 0 unspecified atom stereocenters. The molecule has 0 saturated carbocycles. The summed E-state index contributed by atoms with van der Waals surface area (Å²) in [6.45, 7) is 0. The first-order valence-corrected chi connectivity index (χ1v) is 9.14. The van der Waals surface area contributed by atoms with E-state index in [-0.39, 0.29) is 5.56 Å². The van der Waals surface area contributed by atoms with Crippen molar-refractivity contribution in [2.75, 3.05) is 7.11 Å². The lowest BCUT2D eigenvalue weighted by atomic mass is 10.2. The highest BCUT2D eigenvalue weighted by Crippen LogP contribution is 2.24. The molecule has 4 rings (SSSR count). The number of rotatable bonds is 4. The van der Waals surface area contributed by atoms with E-state index in [0.717, 1.165) is 5.56 Å². The molecule has 5 heteroatoms. The van der Waals surface area contributed by atoms with Crippen molar-refractivity contribution in [3.63, 3.8) is 0 Å². The van der Waals surface area contributed by atoms with Gasteiger partial charge in [0.2, 0.25) is 0 Å². The second-order valence-corrected chi connectivity index (χ2v) is 6.56. The van der Waals surface area contributed by atoms with Crippen LogP contribution in [0.25, 0.3) is 28.7 Å². The summed E-state index contributed by atoms with van der Waals surface area (Å²) >= 11 is 6.26. The normalized spacial score (nSPS) is 11.2. The lowest BCUT2D eigenvalue weighted by Crippen LogP contribution is -2.22. The summed E-state index contributed by atoms with van der Waals surface area (Å²) in [5.41, 5.74) is 1.96. The van der Waals surface area contributed by atoms with E-state index in [2.05, 4.69) is 0 Å². The van der Waals surface area contributed by atoms with E-state index in [1.807, 2.05) is 72.8 Å². The summed E-state index contributed by atoms with van der Waals surface area (Å²) in [6.07, 6.45) is 3.65. The van der Waals surface area contributed by atoms with Crippen molar-refractivity contribution in [3.8, 4) is 11.4 Å². The monoisotopic (exact) mass is 388 g/mol. The number of methoxy groups -OCH3 is 1. The highest BCUT2D eigenvalue weighted by molar-refractivity contribution is 6.32. The maximum absolute atomic E-state index is 13.3. The van der Waals surface area contributed by atoms with Gasteiger partial charge in [-0.2, -0.15) is 0 Å². The molecule has 0 radical (unpaired) electrons. The third-order valence-corrected chi connectivity index (χ3v) is 4.79. The third kappa shape index (κ3) is 3.30. The SMILES string of the molecule is COc1ccccc1-n1c(C=Cc2ccccc2Cl)nc2ccccc2c1=O. The van der Waals surface area contributed by atoms with Crippen molar-refractivity contribution < 1.29 is 4.74 Å². The number of benzene rings is 3. The maximum Gasteiger partial charge on any atom is 0.266 e. The molecule has 0 amide bonds. The van der Waals surface area contributed by atoms with Crippen LogP contribution in [0.3, 0.4) is 0 Å². The number of para-hydroxylation sites is 3. The Bertz CT molecular complexity index is 1240. The molecular weight excluding hydrogens is 372 g/mol. The fourth-order valence-corrected chi connectivity index (χ4v) is 3.28. The van der Waals surface area contributed by atoms with E-state index >= 15 is 0 Å². The van der Waals surface area contributed by atoms with Crippen LogP contribution in [0.1, 0.15) is 11.4 Å². The van der Waals surface area contributed by atoms with Gasteiger partial charge in [-0.3, -0.25) is 9.36 Å². The van der Waals surface area contributed by atoms with Gasteiger partial charge in [0.25, 0.3) is 5.56 Å². The molecule has 3 aromatic carbocycles. The Morgan fingerprint density at radius 1 is 0.929 bits per heavy atom. The number of halogens is 1. The zero-order chi connectivity index (χ0) is 19.5. The molecule has 138 valence electrons. The summed E-state index contributed by atoms with van der Waals surface area (Å²) in [5.74, 6) is 1.09. The second kappa shape index (κ2) is 7.71. The molecule has 1 heterocycles. The second-order valence-electron chi connectivity index (χ2n) is 6.15. The fraction of sp³-hybridized carbons (Fsp3) is 0.0435. The number of fused-ring (bicyclic) bond motifs is 1. The smallest absolute Gasteiger partial charge is 0.266 e. The van der Waals surface area contributed by atoms with Gasteiger partial charge in [-0.25, -0.2) is 4.98 Å². The van der Waals surface area contributed by atoms with Crippen molar-refractivity contribution in [2.24, 2.45) is 0 Å². The van der Waals surface area contributed by atoms with E-state index in [9.17, 15) is 4.79 Å². The molecule has 4 nitrogen and oxygen atoms in total. The van der Waals surface area contributed by atoms with Crippen molar-refractivity contribution >= 4 is 34.7 Å². The Balaban J connectivity index is 1.99. The van der Waals surface area contributed by atoms with Crippen LogP contribution in [0.4, 0.5) is 0 Å². The first-order chi connectivity index (χ1) is 13.7. The van der Waals surface area contributed by atoms with Crippen LogP contribution in [-0.4, -0.2) is 16.7 Å². The highest BCUT2D eigenvalue weighted by atomic mass is 35.5. The standard InChI is InChI=1S/C23H17ClN2O2/c1-28-21-13-7-6-12-20(21)26-22(15-14-16-8-2-4-10-18(16)24)25-19-11-5-3-9-17(19)23(26)27/h2-15H,1H3.